The van der Waals surface area contributed by atoms with Crippen molar-refractivity contribution in [3.8, 4) is 0 Å². The molecule has 3 heterocycles. The second-order valence-corrected chi connectivity index (χ2v) is 3.40. The molecule has 3 aliphatic rings. The van der Waals surface area contributed by atoms with Crippen LogP contribution in [0.3, 0.4) is 0 Å². The van der Waals surface area contributed by atoms with E-state index in [1.165, 1.54) is 0 Å². The van der Waals surface area contributed by atoms with Gasteiger partial charge in [0, 0.05) is 0 Å². The molecule has 0 aromatic rings. The second kappa shape index (κ2) is 1.55. The molecule has 3 saturated heterocycles. The summed E-state index contributed by atoms with van der Waals surface area (Å²) in [5.41, 5.74) is 0. The van der Waals surface area contributed by atoms with Gasteiger partial charge in [-0.2, -0.15) is 0 Å². The largest absolute Gasteiger partial charge is 0.378 e. The van der Waals surface area contributed by atoms with Crippen LogP contribution in [0.15, 0.2) is 0 Å². The Balaban J connectivity index is 1.94. The Bertz CT molecular complexity index is 157. The van der Waals surface area contributed by atoms with Crippen LogP contribution in [0, 0.1) is 0 Å². The third-order valence-electron chi connectivity index (χ3n) is 2.94. The summed E-state index contributed by atoms with van der Waals surface area (Å²) in [7, 11) is 2.17. The van der Waals surface area contributed by atoms with Gasteiger partial charge in [-0.25, -0.2) is 0 Å². The zero-order valence-electron chi connectivity index (χ0n) is 5.99. The Labute approximate surface area is 59.9 Å². The zero-order chi connectivity index (χ0) is 6.72. The number of ether oxygens (including phenoxy) is 2. The van der Waals surface area contributed by atoms with Crippen LogP contribution in [0.25, 0.3) is 0 Å². The number of nitrogens with zero attached hydrogens (tertiary/aromatic N) is 1. The maximum absolute atomic E-state index is 5.47. The quantitative estimate of drug-likeness (QED) is 0.424. The van der Waals surface area contributed by atoms with Crippen molar-refractivity contribution in [2.75, 3.05) is 20.3 Å². The molecule has 0 aromatic carbocycles. The van der Waals surface area contributed by atoms with E-state index in [9.17, 15) is 0 Å². The molecular formula is C7H11NO2. The summed E-state index contributed by atoms with van der Waals surface area (Å²) in [5, 5.41) is 0. The van der Waals surface area contributed by atoms with Crippen molar-refractivity contribution in [3.63, 3.8) is 0 Å². The van der Waals surface area contributed by atoms with Crippen molar-refractivity contribution in [2.45, 2.75) is 24.3 Å². The van der Waals surface area contributed by atoms with E-state index in [-0.39, 0.29) is 0 Å². The van der Waals surface area contributed by atoms with Crippen LogP contribution >= 0.6 is 0 Å². The van der Waals surface area contributed by atoms with Crippen LogP contribution in [-0.4, -0.2) is 49.5 Å². The van der Waals surface area contributed by atoms with E-state index in [1.54, 1.807) is 0 Å². The highest BCUT2D eigenvalue weighted by Crippen LogP contribution is 2.42. The van der Waals surface area contributed by atoms with Gasteiger partial charge in [0.15, 0.2) is 0 Å². The standard InChI is InChI=1S/C7H11NO2/c1-8-4-2-9-3-5(8)7-6(4)10-7/h4-7H,2-3H2,1H3. The van der Waals surface area contributed by atoms with E-state index < -0.39 is 0 Å². The molecule has 0 amide bonds. The molecule has 0 saturated carbocycles. The second-order valence-electron chi connectivity index (χ2n) is 3.40. The van der Waals surface area contributed by atoms with Crippen molar-refractivity contribution in [3.05, 3.63) is 0 Å². The fourth-order valence-electron chi connectivity index (χ4n) is 2.20. The van der Waals surface area contributed by atoms with Crippen molar-refractivity contribution in [1.82, 2.24) is 4.90 Å². The van der Waals surface area contributed by atoms with Gasteiger partial charge in [-0.15, -0.1) is 0 Å². The van der Waals surface area contributed by atoms with E-state index in [0.717, 1.165) is 13.2 Å². The van der Waals surface area contributed by atoms with Gasteiger partial charge in [0.25, 0.3) is 0 Å². The highest BCUT2D eigenvalue weighted by atomic mass is 16.6. The topological polar surface area (TPSA) is 25.0 Å². The van der Waals surface area contributed by atoms with Gasteiger partial charge in [-0.05, 0) is 7.05 Å². The molecule has 0 radical (unpaired) electrons. The van der Waals surface area contributed by atoms with Gasteiger partial charge >= 0.3 is 0 Å². The number of epoxide rings is 1. The summed E-state index contributed by atoms with van der Waals surface area (Å²) in [6.07, 6.45) is 1.02. The lowest BCUT2D eigenvalue weighted by atomic mass is 10.2. The minimum absolute atomic E-state index is 0.512. The van der Waals surface area contributed by atoms with Crippen LogP contribution in [0.5, 0.6) is 0 Å². The predicted octanol–water partition coefficient (Wildman–Crippen LogP) is -0.533. The highest BCUT2D eigenvalue weighted by molar-refractivity contribution is 5.11. The third-order valence-corrected chi connectivity index (χ3v) is 2.94. The number of hydrogen-bond donors (Lipinski definition) is 0. The Morgan fingerprint density at radius 2 is 1.80 bits per heavy atom. The Morgan fingerprint density at radius 3 is 2.30 bits per heavy atom. The average molecular weight is 141 g/mol. The summed E-state index contributed by atoms with van der Waals surface area (Å²) in [6.45, 7) is 1.74. The van der Waals surface area contributed by atoms with Crippen LogP contribution < -0.4 is 0 Å². The number of rotatable bonds is 0. The number of morpholine rings is 2. The smallest absolute Gasteiger partial charge is 0.104 e. The summed E-state index contributed by atoms with van der Waals surface area (Å²) in [4.78, 5) is 2.41. The minimum Gasteiger partial charge on any atom is -0.378 e. The summed E-state index contributed by atoms with van der Waals surface area (Å²) < 4.78 is 10.9. The maximum atomic E-state index is 5.47. The van der Waals surface area contributed by atoms with Crippen molar-refractivity contribution in [1.29, 1.82) is 0 Å². The first-order valence-corrected chi connectivity index (χ1v) is 3.83. The molecule has 3 nitrogen and oxygen atoms in total. The number of likely N-dealkylation sites (N-methyl/N-ethyl adjacent to an activating group) is 1. The molecule has 0 aromatic heterocycles. The molecule has 2 bridgehead atoms. The first kappa shape index (κ1) is 5.52. The summed E-state index contributed by atoms with van der Waals surface area (Å²) >= 11 is 0. The Hall–Kier alpha value is -0.120. The maximum Gasteiger partial charge on any atom is 0.104 e. The van der Waals surface area contributed by atoms with E-state index in [2.05, 4.69) is 11.9 Å². The van der Waals surface area contributed by atoms with Crippen LogP contribution in [0.4, 0.5) is 0 Å². The van der Waals surface area contributed by atoms with Crippen LogP contribution in [-0.2, 0) is 9.47 Å². The fourth-order valence-corrected chi connectivity index (χ4v) is 2.20. The van der Waals surface area contributed by atoms with E-state index in [0.29, 0.717) is 24.3 Å². The van der Waals surface area contributed by atoms with Crippen molar-refractivity contribution in [2.24, 2.45) is 0 Å². The first-order valence-electron chi connectivity index (χ1n) is 3.83. The van der Waals surface area contributed by atoms with Crippen LogP contribution in [0.1, 0.15) is 0 Å². The normalized spacial score (nSPS) is 58.5. The molecule has 3 rings (SSSR count). The van der Waals surface area contributed by atoms with Gasteiger partial charge in [-0.3, -0.25) is 4.90 Å². The molecule has 10 heavy (non-hydrogen) atoms. The lowest BCUT2D eigenvalue weighted by molar-refractivity contribution is -0.0450. The number of fused-ring (bicyclic) bond motifs is 5. The lowest BCUT2D eigenvalue weighted by Gasteiger charge is -2.33. The van der Waals surface area contributed by atoms with Gasteiger partial charge in [0.1, 0.15) is 12.2 Å². The molecular weight excluding hydrogens is 130 g/mol. The predicted molar refractivity (Wildman–Crippen MR) is 34.8 cm³/mol. The van der Waals surface area contributed by atoms with E-state index >= 15 is 0 Å². The molecule has 0 spiro atoms. The molecule has 3 heteroatoms. The van der Waals surface area contributed by atoms with Gasteiger partial charge in [0.2, 0.25) is 0 Å². The Morgan fingerprint density at radius 1 is 1.20 bits per heavy atom. The molecule has 56 valence electrons. The molecule has 3 fully saturated rings. The van der Waals surface area contributed by atoms with Gasteiger partial charge in [-0.1, -0.05) is 0 Å². The molecule has 0 N–H and O–H groups in total. The monoisotopic (exact) mass is 141 g/mol. The van der Waals surface area contributed by atoms with E-state index in [1.807, 2.05) is 0 Å². The highest BCUT2D eigenvalue weighted by Gasteiger charge is 2.61. The van der Waals surface area contributed by atoms with Crippen molar-refractivity contribution >= 4 is 0 Å². The van der Waals surface area contributed by atoms with E-state index in [4.69, 9.17) is 9.47 Å². The van der Waals surface area contributed by atoms with Gasteiger partial charge < -0.3 is 9.47 Å². The lowest BCUT2D eigenvalue weighted by Crippen LogP contribution is -2.47. The fraction of sp³-hybridized carbons (Fsp3) is 1.00. The minimum atomic E-state index is 0.512. The zero-order valence-corrected chi connectivity index (χ0v) is 5.99. The Kier molecular flexibility index (Phi) is 0.854. The van der Waals surface area contributed by atoms with Gasteiger partial charge in [0.05, 0.1) is 25.3 Å². The summed E-state index contributed by atoms with van der Waals surface area (Å²) in [6, 6.07) is 1.12. The molecule has 3 aliphatic heterocycles. The summed E-state index contributed by atoms with van der Waals surface area (Å²) in [5.74, 6) is 0. The van der Waals surface area contributed by atoms with Crippen molar-refractivity contribution < 1.29 is 9.47 Å². The first-order chi connectivity index (χ1) is 4.88. The molecule has 4 atom stereocenters. The molecule has 4 unspecified atom stereocenters. The molecule has 0 aliphatic carbocycles. The average Bonchev–Trinajstić information content (AvgIpc) is 2.59. The number of hydrogen-bond acceptors (Lipinski definition) is 3. The third kappa shape index (κ3) is 0.480. The SMILES string of the molecule is CN1C2COCC1C1OC12. The van der Waals surface area contributed by atoms with Crippen LogP contribution in [0.2, 0.25) is 0 Å².